The molecule has 0 saturated carbocycles. The lowest BCUT2D eigenvalue weighted by Gasteiger charge is -2.14. The molecule has 1 aliphatic heterocycles. The van der Waals surface area contributed by atoms with Gasteiger partial charge in [-0.05, 0) is 36.7 Å². The summed E-state index contributed by atoms with van der Waals surface area (Å²) in [5.41, 5.74) is 0.991. The van der Waals surface area contributed by atoms with Gasteiger partial charge in [0, 0.05) is 0 Å². The van der Waals surface area contributed by atoms with Crippen molar-refractivity contribution in [1.29, 1.82) is 0 Å². The van der Waals surface area contributed by atoms with Crippen molar-refractivity contribution in [1.82, 2.24) is 4.90 Å². The molecule has 1 atom stereocenters. The Morgan fingerprint density at radius 2 is 2.00 bits per heavy atom. The highest BCUT2D eigenvalue weighted by molar-refractivity contribution is 8.18. The van der Waals surface area contributed by atoms with Crippen molar-refractivity contribution in [3.63, 3.8) is 0 Å². The number of nitrogens with zero attached hydrogens (tertiary/aromatic N) is 1. The highest BCUT2D eigenvalue weighted by Crippen LogP contribution is 2.30. The molecule has 1 heterocycles. The van der Waals surface area contributed by atoms with E-state index < -0.39 is 17.1 Å². The van der Waals surface area contributed by atoms with Crippen LogP contribution in [0.2, 0.25) is 0 Å². The van der Waals surface area contributed by atoms with Crippen LogP contribution in [-0.4, -0.2) is 34.7 Å². The molecule has 5 nitrogen and oxygen atoms in total. The number of ether oxygens (including phenoxy) is 1. The number of carbonyl (C=O) groups is 3. The molecule has 0 aliphatic carbocycles. The second-order valence-corrected chi connectivity index (χ2v) is 6.26. The van der Waals surface area contributed by atoms with E-state index in [1.54, 1.807) is 19.1 Å². The first-order valence-corrected chi connectivity index (χ1v) is 8.49. The molecule has 2 amide bonds. The molecule has 126 valence electrons. The number of amides is 2. The molecule has 0 unspecified atom stereocenters. The van der Waals surface area contributed by atoms with Crippen LogP contribution >= 0.6 is 11.8 Å². The molecule has 1 fully saturated rings. The normalized spacial score (nSPS) is 17.8. The van der Waals surface area contributed by atoms with Crippen molar-refractivity contribution >= 4 is 35.0 Å². The maximum Gasteiger partial charge on any atom is 0.326 e. The van der Waals surface area contributed by atoms with E-state index >= 15 is 0 Å². The molecule has 24 heavy (non-hydrogen) atoms. The smallest absolute Gasteiger partial charge is 0.326 e. The third kappa shape index (κ3) is 4.83. The first-order chi connectivity index (χ1) is 11.5. The van der Waals surface area contributed by atoms with Gasteiger partial charge in [0.2, 0.25) is 0 Å². The minimum absolute atomic E-state index is 0.234. The lowest BCUT2D eigenvalue weighted by molar-refractivity contribution is -0.150. The maximum atomic E-state index is 12.2. The Morgan fingerprint density at radius 1 is 1.29 bits per heavy atom. The monoisotopic (exact) mass is 345 g/mol. The van der Waals surface area contributed by atoms with E-state index in [9.17, 15) is 14.4 Å². The summed E-state index contributed by atoms with van der Waals surface area (Å²) in [6.07, 6.45) is 5.58. The highest BCUT2D eigenvalue weighted by Gasteiger charge is 2.36. The van der Waals surface area contributed by atoms with Crippen molar-refractivity contribution in [3.8, 4) is 0 Å². The number of hydrogen-bond donors (Lipinski definition) is 0. The van der Waals surface area contributed by atoms with E-state index in [0.29, 0.717) is 11.3 Å². The zero-order valence-corrected chi connectivity index (χ0v) is 14.4. The molecule has 2 rings (SSSR count). The van der Waals surface area contributed by atoms with E-state index in [4.69, 9.17) is 4.74 Å². The van der Waals surface area contributed by atoms with Crippen LogP contribution in [0, 0.1) is 0 Å². The number of hydrogen-bond acceptors (Lipinski definition) is 5. The molecule has 1 aromatic rings. The van der Waals surface area contributed by atoms with Crippen LogP contribution in [0.1, 0.15) is 25.8 Å². The van der Waals surface area contributed by atoms with Crippen molar-refractivity contribution in [2.75, 3.05) is 6.54 Å². The van der Waals surface area contributed by atoms with Crippen LogP contribution in [0.25, 0.3) is 6.08 Å². The third-order valence-corrected chi connectivity index (χ3v) is 4.33. The summed E-state index contributed by atoms with van der Waals surface area (Å²) in [5.74, 6) is -1.04. The zero-order chi connectivity index (χ0) is 17.5. The standard InChI is InChI=1S/C18H19NO4S/c1-3-13(2)23-16(20)12-19-17(21)15(24-18(19)22)11-7-10-14-8-5-4-6-9-14/h4-11,13H,3,12H2,1-2H3/b10-7+,15-11+/t13-/m1/s1. The summed E-state index contributed by atoms with van der Waals surface area (Å²) in [6.45, 7) is 3.30. The van der Waals surface area contributed by atoms with E-state index in [1.165, 1.54) is 0 Å². The zero-order valence-electron chi connectivity index (χ0n) is 13.6. The molecular formula is C18H19NO4S. The van der Waals surface area contributed by atoms with Crippen molar-refractivity contribution in [2.24, 2.45) is 0 Å². The van der Waals surface area contributed by atoms with Gasteiger partial charge in [-0.1, -0.05) is 49.4 Å². The van der Waals surface area contributed by atoms with Crippen LogP contribution in [-0.2, 0) is 14.3 Å². The second-order valence-electron chi connectivity index (χ2n) is 5.27. The van der Waals surface area contributed by atoms with Gasteiger partial charge >= 0.3 is 5.97 Å². The van der Waals surface area contributed by atoms with Gasteiger partial charge in [-0.3, -0.25) is 19.3 Å². The maximum absolute atomic E-state index is 12.2. The Hall–Kier alpha value is -2.34. The van der Waals surface area contributed by atoms with Gasteiger partial charge in [-0.25, -0.2) is 0 Å². The van der Waals surface area contributed by atoms with Crippen molar-refractivity contribution in [3.05, 3.63) is 53.0 Å². The number of allylic oxidation sites excluding steroid dienone is 2. The van der Waals surface area contributed by atoms with Crippen molar-refractivity contribution in [2.45, 2.75) is 26.4 Å². The number of rotatable bonds is 6. The summed E-state index contributed by atoms with van der Waals surface area (Å²) in [4.78, 5) is 37.1. The second kappa shape index (κ2) is 8.49. The van der Waals surface area contributed by atoms with Gasteiger partial charge < -0.3 is 4.74 Å². The van der Waals surface area contributed by atoms with Gasteiger partial charge in [-0.15, -0.1) is 0 Å². The summed E-state index contributed by atoms with van der Waals surface area (Å²) >= 11 is 0.823. The molecule has 6 heteroatoms. The van der Waals surface area contributed by atoms with Crippen LogP contribution in [0.5, 0.6) is 0 Å². The number of imide groups is 1. The Labute approximate surface area is 145 Å². The number of benzene rings is 1. The summed E-state index contributed by atoms with van der Waals surface area (Å²) in [6, 6.07) is 9.61. The molecule has 0 aromatic heterocycles. The van der Waals surface area contributed by atoms with E-state index in [0.717, 1.165) is 22.2 Å². The molecule has 0 spiro atoms. The van der Waals surface area contributed by atoms with E-state index in [2.05, 4.69) is 0 Å². The Bertz CT molecular complexity index is 682. The van der Waals surface area contributed by atoms with Crippen LogP contribution in [0.15, 0.2) is 47.4 Å². The number of carbonyl (C=O) groups excluding carboxylic acids is 3. The van der Waals surface area contributed by atoms with Gasteiger partial charge in [0.1, 0.15) is 6.54 Å². The molecule has 0 N–H and O–H groups in total. The van der Waals surface area contributed by atoms with Gasteiger partial charge in [0.15, 0.2) is 0 Å². The lowest BCUT2D eigenvalue weighted by atomic mass is 10.2. The minimum atomic E-state index is -0.576. The highest BCUT2D eigenvalue weighted by atomic mass is 32.2. The molecule has 0 radical (unpaired) electrons. The first kappa shape index (κ1) is 18.0. The Morgan fingerprint density at radius 3 is 2.67 bits per heavy atom. The fourth-order valence-electron chi connectivity index (χ4n) is 1.94. The van der Waals surface area contributed by atoms with Crippen molar-refractivity contribution < 1.29 is 19.1 Å². The third-order valence-electron chi connectivity index (χ3n) is 3.40. The van der Waals surface area contributed by atoms with E-state index in [1.807, 2.05) is 43.3 Å². The van der Waals surface area contributed by atoms with Crippen LogP contribution < -0.4 is 0 Å². The summed E-state index contributed by atoms with van der Waals surface area (Å²) < 4.78 is 5.10. The first-order valence-electron chi connectivity index (χ1n) is 7.67. The number of esters is 1. The van der Waals surface area contributed by atoms with Gasteiger partial charge in [0.05, 0.1) is 11.0 Å². The Balaban J connectivity index is 1.99. The fourth-order valence-corrected chi connectivity index (χ4v) is 2.73. The molecular weight excluding hydrogens is 326 g/mol. The molecule has 1 saturated heterocycles. The average molecular weight is 345 g/mol. The molecule has 0 bridgehead atoms. The minimum Gasteiger partial charge on any atom is -0.461 e. The summed E-state index contributed by atoms with van der Waals surface area (Å²) in [5, 5.41) is -0.458. The quantitative estimate of drug-likeness (QED) is 0.582. The largest absolute Gasteiger partial charge is 0.461 e. The summed E-state index contributed by atoms with van der Waals surface area (Å²) in [7, 11) is 0. The van der Waals surface area contributed by atoms with Crippen LogP contribution in [0.3, 0.4) is 0 Å². The van der Waals surface area contributed by atoms with Crippen LogP contribution in [0.4, 0.5) is 4.79 Å². The predicted octanol–water partition coefficient (Wildman–Crippen LogP) is 3.62. The van der Waals surface area contributed by atoms with Gasteiger partial charge in [-0.2, -0.15) is 0 Å². The van der Waals surface area contributed by atoms with Gasteiger partial charge in [0.25, 0.3) is 11.1 Å². The lowest BCUT2D eigenvalue weighted by Crippen LogP contribution is -2.35. The van der Waals surface area contributed by atoms with E-state index in [-0.39, 0.29) is 12.6 Å². The predicted molar refractivity (Wildman–Crippen MR) is 94.1 cm³/mol. The molecule has 1 aliphatic rings. The molecule has 1 aromatic carbocycles. The fraction of sp³-hybridized carbons (Fsp3) is 0.278. The number of thioether (sulfide) groups is 1. The Kier molecular flexibility index (Phi) is 6.37. The average Bonchev–Trinajstić information content (AvgIpc) is 2.83. The SMILES string of the molecule is CC[C@@H](C)OC(=O)CN1C(=O)S/C(=C/C=C/c2ccccc2)C1=O. The topological polar surface area (TPSA) is 63.7 Å².